The minimum Gasteiger partial charge on any atom is -0.367 e. The number of ketones is 1. The number of hydrogen-bond acceptors (Lipinski definition) is 8. The SMILES string of the molecule is C[C@H]1CN(C(=O)[C@H](c2cc(-c3csc(N4CCN(C)CC4)n3)ccc2C(N)=O)C2CCCC2)[C@@H]2C(=O)CO[C@@H]21. The van der Waals surface area contributed by atoms with Gasteiger partial charge in [0.15, 0.2) is 10.9 Å². The van der Waals surface area contributed by atoms with E-state index in [1.54, 1.807) is 22.3 Å². The van der Waals surface area contributed by atoms with Gasteiger partial charge in [0.2, 0.25) is 11.8 Å². The Morgan fingerprint density at radius 1 is 1.15 bits per heavy atom. The Kier molecular flexibility index (Phi) is 7.20. The highest BCUT2D eigenvalue weighted by atomic mass is 32.1. The second-order valence-corrected chi connectivity index (χ2v) is 12.5. The van der Waals surface area contributed by atoms with E-state index in [0.717, 1.165) is 68.3 Å². The molecule has 4 aliphatic rings. The number of nitrogens with two attached hydrogens (primary N) is 1. The van der Waals surface area contributed by atoms with Crippen molar-refractivity contribution in [1.29, 1.82) is 0 Å². The van der Waals surface area contributed by atoms with Gasteiger partial charge in [0.05, 0.1) is 17.7 Å². The maximum Gasteiger partial charge on any atom is 0.249 e. The number of benzene rings is 1. The average Bonchev–Trinajstić information content (AvgIpc) is 3.72. The van der Waals surface area contributed by atoms with Crippen LogP contribution in [0.5, 0.6) is 0 Å². The first-order valence-corrected chi connectivity index (χ1v) is 15.0. The van der Waals surface area contributed by atoms with Crippen molar-refractivity contribution in [2.75, 3.05) is 51.3 Å². The van der Waals surface area contributed by atoms with E-state index in [1.165, 1.54) is 0 Å². The normalized spacial score (nSPS) is 26.8. The van der Waals surface area contributed by atoms with Crippen LogP contribution in [0.15, 0.2) is 23.6 Å². The van der Waals surface area contributed by atoms with Crippen molar-refractivity contribution in [3.05, 3.63) is 34.7 Å². The van der Waals surface area contributed by atoms with Crippen molar-refractivity contribution < 1.29 is 19.1 Å². The maximum absolute atomic E-state index is 14.4. The van der Waals surface area contributed by atoms with Crippen LogP contribution in [0.3, 0.4) is 0 Å². The largest absolute Gasteiger partial charge is 0.367 e. The molecule has 4 fully saturated rings. The molecule has 3 saturated heterocycles. The molecule has 6 rings (SSSR count). The summed E-state index contributed by atoms with van der Waals surface area (Å²) in [5, 5.41) is 3.03. The molecule has 1 aliphatic carbocycles. The van der Waals surface area contributed by atoms with Crippen LogP contribution in [0, 0.1) is 11.8 Å². The fraction of sp³-hybridized carbons (Fsp3) is 0.586. The Morgan fingerprint density at radius 3 is 2.62 bits per heavy atom. The Balaban J connectivity index is 1.37. The molecule has 0 bridgehead atoms. The number of nitrogens with zero attached hydrogens (tertiary/aromatic N) is 4. The lowest BCUT2D eigenvalue weighted by molar-refractivity contribution is -0.138. The number of ether oxygens (including phenoxy) is 1. The summed E-state index contributed by atoms with van der Waals surface area (Å²) in [6, 6.07) is 5.04. The lowest BCUT2D eigenvalue weighted by atomic mass is 9.80. The topological polar surface area (TPSA) is 109 Å². The number of rotatable bonds is 6. The van der Waals surface area contributed by atoms with Crippen LogP contribution in [-0.4, -0.2) is 90.9 Å². The summed E-state index contributed by atoms with van der Waals surface area (Å²) < 4.78 is 5.76. The number of aromatic nitrogens is 1. The van der Waals surface area contributed by atoms with Gasteiger partial charge in [-0.15, -0.1) is 11.3 Å². The first-order valence-electron chi connectivity index (χ1n) is 14.1. The van der Waals surface area contributed by atoms with E-state index in [1.807, 2.05) is 24.4 Å². The molecule has 39 heavy (non-hydrogen) atoms. The van der Waals surface area contributed by atoms with Crippen LogP contribution in [0.1, 0.15) is 54.4 Å². The predicted octanol–water partition coefficient (Wildman–Crippen LogP) is 2.75. The third-order valence-corrected chi connectivity index (χ3v) is 9.98. The van der Waals surface area contributed by atoms with Gasteiger partial charge in [-0.2, -0.15) is 0 Å². The minimum absolute atomic E-state index is 0.0364. The summed E-state index contributed by atoms with van der Waals surface area (Å²) in [5.41, 5.74) is 8.61. The van der Waals surface area contributed by atoms with Gasteiger partial charge in [-0.25, -0.2) is 4.98 Å². The molecule has 0 unspecified atom stereocenters. The fourth-order valence-electron chi connectivity index (χ4n) is 6.92. The zero-order valence-electron chi connectivity index (χ0n) is 22.7. The molecule has 1 saturated carbocycles. The van der Waals surface area contributed by atoms with E-state index in [9.17, 15) is 14.4 Å². The zero-order valence-corrected chi connectivity index (χ0v) is 23.5. The zero-order chi connectivity index (χ0) is 27.3. The number of anilines is 1. The highest BCUT2D eigenvalue weighted by Gasteiger charge is 2.52. The van der Waals surface area contributed by atoms with Gasteiger partial charge in [-0.3, -0.25) is 14.4 Å². The third kappa shape index (κ3) is 4.87. The van der Waals surface area contributed by atoms with Gasteiger partial charge in [0, 0.05) is 55.1 Å². The van der Waals surface area contributed by atoms with E-state index in [2.05, 4.69) is 16.8 Å². The van der Waals surface area contributed by atoms with Gasteiger partial charge in [0.25, 0.3) is 0 Å². The predicted molar refractivity (Wildman–Crippen MR) is 150 cm³/mol. The molecule has 0 radical (unpaired) electrons. The van der Waals surface area contributed by atoms with Crippen molar-refractivity contribution in [3.8, 4) is 11.3 Å². The highest BCUT2D eigenvalue weighted by Crippen LogP contribution is 2.43. The molecule has 2 N–H and O–H groups in total. The van der Waals surface area contributed by atoms with Gasteiger partial charge in [-0.1, -0.05) is 25.8 Å². The fourth-order valence-corrected chi connectivity index (χ4v) is 7.81. The molecule has 2 aromatic rings. The smallest absolute Gasteiger partial charge is 0.249 e. The third-order valence-electron chi connectivity index (χ3n) is 9.07. The quantitative estimate of drug-likeness (QED) is 0.588. The molecule has 1 aromatic heterocycles. The molecule has 9 nitrogen and oxygen atoms in total. The first-order chi connectivity index (χ1) is 18.8. The molecule has 10 heteroatoms. The standard InChI is InChI=1S/C29H37N5O4S/c1-17-14-34(25-23(35)15-38-26(17)25)28(37)24(18-5-3-4-6-18)21-13-19(7-8-20(21)27(30)36)22-16-39-29(31-22)33-11-9-32(2)10-12-33/h7-8,13,16-18,24-26H,3-6,9-12,14-15H2,1-2H3,(H2,30,36)/t17-,24-,25+,26+/m0/s1. The van der Waals surface area contributed by atoms with E-state index < -0.39 is 17.9 Å². The molecule has 4 atom stereocenters. The molecule has 1 aromatic carbocycles. The molecule has 3 aliphatic heterocycles. The molecule has 2 amide bonds. The van der Waals surface area contributed by atoms with Gasteiger partial charge < -0.3 is 25.2 Å². The average molecular weight is 552 g/mol. The number of carbonyl (C=O) groups excluding carboxylic acids is 3. The summed E-state index contributed by atoms with van der Waals surface area (Å²) in [4.78, 5) is 51.1. The lowest BCUT2D eigenvalue weighted by Gasteiger charge is -2.32. The lowest BCUT2D eigenvalue weighted by Crippen LogP contribution is -2.45. The molecule has 0 spiro atoms. The van der Waals surface area contributed by atoms with Crippen LogP contribution in [0.4, 0.5) is 5.13 Å². The minimum atomic E-state index is -0.545. The van der Waals surface area contributed by atoms with E-state index in [-0.39, 0.29) is 36.2 Å². The Bertz CT molecular complexity index is 1270. The molecular formula is C29H37N5O4S. The Hall–Kier alpha value is -2.82. The second-order valence-electron chi connectivity index (χ2n) is 11.6. The van der Waals surface area contributed by atoms with Crippen LogP contribution in [-0.2, 0) is 14.3 Å². The number of Topliss-reactive ketones (excluding diaryl/α,β-unsaturated/α-hetero) is 1. The van der Waals surface area contributed by atoms with Crippen molar-refractivity contribution in [2.45, 2.75) is 50.7 Å². The number of likely N-dealkylation sites (N-methyl/N-ethyl adjacent to an activating group) is 1. The van der Waals surface area contributed by atoms with Crippen LogP contribution in [0.2, 0.25) is 0 Å². The molecule has 4 heterocycles. The number of piperazine rings is 1. The Morgan fingerprint density at radius 2 is 1.90 bits per heavy atom. The number of likely N-dealkylation sites (tertiary alicyclic amines) is 1. The number of carbonyl (C=O) groups is 3. The molecule has 208 valence electrons. The highest BCUT2D eigenvalue weighted by molar-refractivity contribution is 7.14. The second kappa shape index (κ2) is 10.6. The summed E-state index contributed by atoms with van der Waals surface area (Å²) in [6.07, 6.45) is 3.65. The van der Waals surface area contributed by atoms with Crippen molar-refractivity contribution in [2.24, 2.45) is 17.6 Å². The first kappa shape index (κ1) is 26.4. The number of amides is 2. The number of thiazole rings is 1. The van der Waals surface area contributed by atoms with Crippen LogP contribution in [0.25, 0.3) is 11.3 Å². The summed E-state index contributed by atoms with van der Waals surface area (Å²) in [5.74, 6) is -1.03. The van der Waals surface area contributed by atoms with E-state index in [4.69, 9.17) is 15.5 Å². The van der Waals surface area contributed by atoms with Crippen molar-refractivity contribution in [1.82, 2.24) is 14.8 Å². The number of hydrogen-bond donors (Lipinski definition) is 1. The van der Waals surface area contributed by atoms with Crippen LogP contribution >= 0.6 is 11.3 Å². The molecular weight excluding hydrogens is 514 g/mol. The summed E-state index contributed by atoms with van der Waals surface area (Å²) in [7, 11) is 2.13. The monoisotopic (exact) mass is 551 g/mol. The van der Waals surface area contributed by atoms with Gasteiger partial charge in [-0.05, 0) is 43.5 Å². The van der Waals surface area contributed by atoms with Crippen molar-refractivity contribution >= 4 is 34.1 Å². The maximum atomic E-state index is 14.4. The van der Waals surface area contributed by atoms with Crippen LogP contribution < -0.4 is 10.6 Å². The van der Waals surface area contributed by atoms with Crippen molar-refractivity contribution in [3.63, 3.8) is 0 Å². The summed E-state index contributed by atoms with van der Waals surface area (Å²) >= 11 is 1.62. The van der Waals surface area contributed by atoms with E-state index >= 15 is 0 Å². The number of primary amides is 1. The van der Waals surface area contributed by atoms with E-state index in [0.29, 0.717) is 17.7 Å². The van der Waals surface area contributed by atoms with Gasteiger partial charge in [0.1, 0.15) is 12.6 Å². The number of fused-ring (bicyclic) bond motifs is 1. The Labute approximate surface area is 233 Å². The van der Waals surface area contributed by atoms with Gasteiger partial charge >= 0.3 is 0 Å². The summed E-state index contributed by atoms with van der Waals surface area (Å²) in [6.45, 7) is 6.45.